The third-order valence-electron chi connectivity index (χ3n) is 3.43. The van der Waals surface area contributed by atoms with E-state index in [0.29, 0.717) is 5.02 Å². The molecule has 0 radical (unpaired) electrons. The number of hydrogen-bond acceptors (Lipinski definition) is 2. The van der Waals surface area contributed by atoms with Crippen LogP contribution in [0.5, 0.6) is 0 Å². The molecule has 3 heterocycles. The SMILES string of the molecule is CCn1nc(C)c(-c2cnc3c(Cl)cccn23)c1C. The molecule has 0 bridgehead atoms. The maximum Gasteiger partial charge on any atom is 0.156 e. The van der Waals surface area contributed by atoms with E-state index in [-0.39, 0.29) is 0 Å². The van der Waals surface area contributed by atoms with Crippen LogP contribution in [0.4, 0.5) is 0 Å². The van der Waals surface area contributed by atoms with E-state index in [0.717, 1.165) is 34.8 Å². The first-order chi connectivity index (χ1) is 9.13. The van der Waals surface area contributed by atoms with E-state index in [4.69, 9.17) is 11.6 Å². The quantitative estimate of drug-likeness (QED) is 0.717. The highest BCUT2D eigenvalue weighted by molar-refractivity contribution is 6.33. The summed E-state index contributed by atoms with van der Waals surface area (Å²) in [5, 5.41) is 5.22. The Morgan fingerprint density at radius 1 is 1.32 bits per heavy atom. The Hall–Kier alpha value is -1.81. The van der Waals surface area contributed by atoms with Crippen LogP contribution < -0.4 is 0 Å². The molecule has 5 heteroatoms. The van der Waals surface area contributed by atoms with Crippen molar-refractivity contribution in [3.63, 3.8) is 0 Å². The molecule has 0 fully saturated rings. The number of hydrogen-bond donors (Lipinski definition) is 0. The van der Waals surface area contributed by atoms with Crippen LogP contribution in [0.25, 0.3) is 16.9 Å². The summed E-state index contributed by atoms with van der Waals surface area (Å²) in [4.78, 5) is 4.41. The molecule has 0 aromatic carbocycles. The maximum atomic E-state index is 6.17. The molecule has 0 spiro atoms. The van der Waals surface area contributed by atoms with Crippen LogP contribution in [0.3, 0.4) is 0 Å². The van der Waals surface area contributed by atoms with Gasteiger partial charge in [0.15, 0.2) is 5.65 Å². The number of imidazole rings is 1. The molecule has 98 valence electrons. The molecule has 0 amide bonds. The van der Waals surface area contributed by atoms with Gasteiger partial charge in [-0.25, -0.2) is 4.98 Å². The number of aromatic nitrogens is 4. The van der Waals surface area contributed by atoms with Gasteiger partial charge >= 0.3 is 0 Å². The predicted molar refractivity (Wildman–Crippen MR) is 76.6 cm³/mol. The minimum atomic E-state index is 0.659. The fourth-order valence-corrected chi connectivity index (χ4v) is 2.75. The lowest BCUT2D eigenvalue weighted by Crippen LogP contribution is -1.99. The van der Waals surface area contributed by atoms with Gasteiger partial charge in [-0.3, -0.25) is 9.08 Å². The van der Waals surface area contributed by atoms with E-state index in [9.17, 15) is 0 Å². The van der Waals surface area contributed by atoms with Crippen LogP contribution in [0.2, 0.25) is 5.02 Å². The minimum absolute atomic E-state index is 0.659. The summed E-state index contributed by atoms with van der Waals surface area (Å²) in [6.07, 6.45) is 3.84. The van der Waals surface area contributed by atoms with Crippen LogP contribution in [0.1, 0.15) is 18.3 Å². The van der Waals surface area contributed by atoms with Crippen molar-refractivity contribution in [2.75, 3.05) is 0 Å². The van der Waals surface area contributed by atoms with E-state index in [1.165, 1.54) is 0 Å². The number of rotatable bonds is 2. The first-order valence-corrected chi connectivity index (χ1v) is 6.67. The monoisotopic (exact) mass is 274 g/mol. The Labute approximate surface area is 116 Å². The van der Waals surface area contributed by atoms with Crippen molar-refractivity contribution >= 4 is 17.2 Å². The number of fused-ring (bicyclic) bond motifs is 1. The molecule has 3 aromatic heterocycles. The zero-order chi connectivity index (χ0) is 13.6. The molecule has 0 unspecified atom stereocenters. The molecule has 0 aliphatic heterocycles. The Bertz CT molecular complexity index is 754. The van der Waals surface area contributed by atoms with E-state index >= 15 is 0 Å². The Balaban J connectivity index is 2.31. The predicted octanol–water partition coefficient (Wildman–Crippen LogP) is 3.49. The zero-order valence-electron chi connectivity index (χ0n) is 11.2. The lowest BCUT2D eigenvalue weighted by atomic mass is 10.1. The number of nitrogens with zero attached hydrogens (tertiary/aromatic N) is 4. The minimum Gasteiger partial charge on any atom is -0.298 e. The van der Waals surface area contributed by atoms with Gasteiger partial charge in [-0.1, -0.05) is 11.6 Å². The van der Waals surface area contributed by atoms with Crippen LogP contribution in [-0.4, -0.2) is 19.2 Å². The van der Waals surface area contributed by atoms with Crippen LogP contribution in [0, 0.1) is 13.8 Å². The highest BCUT2D eigenvalue weighted by Crippen LogP contribution is 2.29. The van der Waals surface area contributed by atoms with Gasteiger partial charge in [0.1, 0.15) is 0 Å². The summed E-state index contributed by atoms with van der Waals surface area (Å²) < 4.78 is 4.02. The standard InChI is InChI=1S/C14H15ClN4/c1-4-19-10(3)13(9(2)17-19)12-8-16-14-11(15)6-5-7-18(12)14/h5-8H,4H2,1-3H3. The fourth-order valence-electron chi connectivity index (χ4n) is 2.54. The van der Waals surface area contributed by atoms with Crippen LogP contribution >= 0.6 is 11.6 Å². The second-order valence-electron chi connectivity index (χ2n) is 4.55. The molecule has 19 heavy (non-hydrogen) atoms. The van der Waals surface area contributed by atoms with Crippen molar-refractivity contribution in [3.05, 3.63) is 40.9 Å². The van der Waals surface area contributed by atoms with E-state index < -0.39 is 0 Å². The van der Waals surface area contributed by atoms with Crippen molar-refractivity contribution in [3.8, 4) is 11.3 Å². The third kappa shape index (κ3) is 1.75. The summed E-state index contributed by atoms with van der Waals surface area (Å²) in [6, 6.07) is 3.78. The molecule has 0 aliphatic carbocycles. The Kier molecular flexibility index (Phi) is 2.82. The van der Waals surface area contributed by atoms with Gasteiger partial charge in [0.25, 0.3) is 0 Å². The normalized spacial score (nSPS) is 11.4. The van der Waals surface area contributed by atoms with E-state index in [2.05, 4.69) is 23.9 Å². The molecular weight excluding hydrogens is 260 g/mol. The fraction of sp³-hybridized carbons (Fsp3) is 0.286. The largest absolute Gasteiger partial charge is 0.298 e. The summed E-state index contributed by atoms with van der Waals surface area (Å²) in [6.45, 7) is 7.07. The van der Waals surface area contributed by atoms with Crippen molar-refractivity contribution in [1.29, 1.82) is 0 Å². The smallest absolute Gasteiger partial charge is 0.156 e. The summed E-state index contributed by atoms with van der Waals surface area (Å²) in [7, 11) is 0. The van der Waals surface area contributed by atoms with Crippen molar-refractivity contribution in [1.82, 2.24) is 19.2 Å². The van der Waals surface area contributed by atoms with Gasteiger partial charge in [-0.2, -0.15) is 5.10 Å². The first kappa shape index (κ1) is 12.2. The van der Waals surface area contributed by atoms with Crippen LogP contribution in [0.15, 0.2) is 24.5 Å². The molecule has 0 aliphatic rings. The number of pyridine rings is 1. The average molecular weight is 275 g/mol. The van der Waals surface area contributed by atoms with Gasteiger partial charge in [0.05, 0.1) is 22.6 Å². The highest BCUT2D eigenvalue weighted by Gasteiger charge is 2.16. The Morgan fingerprint density at radius 3 is 2.79 bits per heavy atom. The topological polar surface area (TPSA) is 35.1 Å². The summed E-state index contributed by atoms with van der Waals surface area (Å²) >= 11 is 6.17. The van der Waals surface area contributed by atoms with E-state index in [1.807, 2.05) is 40.5 Å². The summed E-state index contributed by atoms with van der Waals surface area (Å²) in [5.74, 6) is 0. The van der Waals surface area contributed by atoms with Crippen LogP contribution in [-0.2, 0) is 6.54 Å². The molecule has 0 saturated carbocycles. The molecule has 4 nitrogen and oxygen atoms in total. The highest BCUT2D eigenvalue weighted by atomic mass is 35.5. The van der Waals surface area contributed by atoms with Gasteiger partial charge in [-0.15, -0.1) is 0 Å². The second kappa shape index (κ2) is 4.38. The molecule has 3 aromatic rings. The molecule has 3 rings (SSSR count). The molecule has 0 saturated heterocycles. The lowest BCUT2D eigenvalue weighted by molar-refractivity contribution is 0.634. The van der Waals surface area contributed by atoms with Crippen molar-refractivity contribution in [2.45, 2.75) is 27.3 Å². The van der Waals surface area contributed by atoms with Gasteiger partial charge in [-0.05, 0) is 32.9 Å². The van der Waals surface area contributed by atoms with Crippen molar-refractivity contribution < 1.29 is 0 Å². The summed E-state index contributed by atoms with van der Waals surface area (Å²) in [5.41, 5.74) is 5.12. The third-order valence-corrected chi connectivity index (χ3v) is 3.72. The number of halogens is 1. The molecule has 0 atom stereocenters. The zero-order valence-corrected chi connectivity index (χ0v) is 11.9. The van der Waals surface area contributed by atoms with Gasteiger partial charge in [0.2, 0.25) is 0 Å². The second-order valence-corrected chi connectivity index (χ2v) is 4.96. The Morgan fingerprint density at radius 2 is 2.11 bits per heavy atom. The lowest BCUT2D eigenvalue weighted by Gasteiger charge is -2.04. The first-order valence-electron chi connectivity index (χ1n) is 6.29. The number of aryl methyl sites for hydroxylation is 2. The van der Waals surface area contributed by atoms with E-state index in [1.54, 1.807) is 0 Å². The van der Waals surface area contributed by atoms with Gasteiger partial charge < -0.3 is 0 Å². The van der Waals surface area contributed by atoms with Gasteiger partial charge in [0, 0.05) is 24.0 Å². The molecular formula is C14H15ClN4. The average Bonchev–Trinajstić information content (AvgIpc) is 2.92. The maximum absolute atomic E-state index is 6.17. The van der Waals surface area contributed by atoms with Crippen molar-refractivity contribution in [2.24, 2.45) is 0 Å². The molecule has 0 N–H and O–H groups in total.